The standard InChI is InChI=1S/C15H22FN3O/c1-18-15(20)12-4-6-19(7-5-12)10-11-2-3-14(16)13(8-11)9-17/h2-3,8,12H,4-7,9-10,17H2,1H3,(H,18,20). The first kappa shape index (κ1) is 14.9. The number of carbonyl (C=O) groups is 1. The van der Waals surface area contributed by atoms with Crippen LogP contribution in [0.25, 0.3) is 0 Å². The molecule has 0 saturated carbocycles. The van der Waals surface area contributed by atoms with E-state index in [1.165, 1.54) is 6.07 Å². The Balaban J connectivity index is 1.91. The fourth-order valence-corrected chi connectivity index (χ4v) is 2.70. The predicted octanol–water partition coefficient (Wildman–Crippen LogP) is 1.24. The van der Waals surface area contributed by atoms with Crippen molar-refractivity contribution in [2.24, 2.45) is 11.7 Å². The summed E-state index contributed by atoms with van der Waals surface area (Å²) in [5.74, 6) is 0.0236. The molecule has 4 nitrogen and oxygen atoms in total. The third-order valence-electron chi connectivity index (χ3n) is 3.94. The monoisotopic (exact) mass is 279 g/mol. The first-order valence-electron chi connectivity index (χ1n) is 7.05. The van der Waals surface area contributed by atoms with Gasteiger partial charge in [-0.2, -0.15) is 0 Å². The maximum atomic E-state index is 13.4. The molecule has 3 N–H and O–H groups in total. The molecule has 0 spiro atoms. The lowest BCUT2D eigenvalue weighted by Gasteiger charge is -2.31. The number of nitrogens with zero attached hydrogens (tertiary/aromatic N) is 1. The van der Waals surface area contributed by atoms with E-state index in [2.05, 4.69) is 10.2 Å². The fourth-order valence-electron chi connectivity index (χ4n) is 2.70. The normalized spacial score (nSPS) is 17.1. The molecule has 1 saturated heterocycles. The van der Waals surface area contributed by atoms with Crippen molar-refractivity contribution in [1.29, 1.82) is 0 Å². The topological polar surface area (TPSA) is 58.4 Å². The second-order valence-electron chi connectivity index (χ2n) is 5.29. The lowest BCUT2D eigenvalue weighted by atomic mass is 9.95. The number of benzene rings is 1. The van der Waals surface area contributed by atoms with E-state index in [4.69, 9.17) is 5.73 Å². The molecule has 0 bridgehead atoms. The van der Waals surface area contributed by atoms with Gasteiger partial charge in [-0.1, -0.05) is 12.1 Å². The summed E-state index contributed by atoms with van der Waals surface area (Å²) in [4.78, 5) is 13.9. The van der Waals surface area contributed by atoms with Gasteiger partial charge in [0.25, 0.3) is 0 Å². The van der Waals surface area contributed by atoms with Crippen molar-refractivity contribution in [3.63, 3.8) is 0 Å². The summed E-state index contributed by atoms with van der Waals surface area (Å²) in [5.41, 5.74) is 7.15. The van der Waals surface area contributed by atoms with Gasteiger partial charge in [-0.15, -0.1) is 0 Å². The molecule has 1 aromatic carbocycles. The van der Waals surface area contributed by atoms with Crippen LogP contribution < -0.4 is 11.1 Å². The van der Waals surface area contributed by atoms with Crippen molar-refractivity contribution >= 4 is 5.91 Å². The molecular weight excluding hydrogens is 257 g/mol. The molecule has 0 radical (unpaired) electrons. The number of likely N-dealkylation sites (tertiary alicyclic amines) is 1. The van der Waals surface area contributed by atoms with Crippen molar-refractivity contribution in [3.8, 4) is 0 Å². The van der Waals surface area contributed by atoms with Crippen molar-refractivity contribution in [3.05, 3.63) is 35.1 Å². The number of amides is 1. The summed E-state index contributed by atoms with van der Waals surface area (Å²) >= 11 is 0. The van der Waals surface area contributed by atoms with Gasteiger partial charge < -0.3 is 11.1 Å². The third-order valence-corrected chi connectivity index (χ3v) is 3.94. The van der Waals surface area contributed by atoms with Crippen LogP contribution in [0.1, 0.15) is 24.0 Å². The molecule has 0 unspecified atom stereocenters. The molecule has 2 rings (SSSR count). The summed E-state index contributed by atoms with van der Waals surface area (Å²) in [7, 11) is 1.68. The van der Waals surface area contributed by atoms with Crippen LogP contribution in [0.2, 0.25) is 0 Å². The highest BCUT2D eigenvalue weighted by atomic mass is 19.1. The first-order valence-corrected chi connectivity index (χ1v) is 7.05. The molecule has 1 aromatic rings. The average Bonchev–Trinajstić information content (AvgIpc) is 2.49. The maximum Gasteiger partial charge on any atom is 0.222 e. The Morgan fingerprint density at radius 1 is 1.45 bits per heavy atom. The molecule has 20 heavy (non-hydrogen) atoms. The van der Waals surface area contributed by atoms with Crippen LogP contribution in [0, 0.1) is 11.7 Å². The summed E-state index contributed by atoms with van der Waals surface area (Å²) < 4.78 is 13.4. The highest BCUT2D eigenvalue weighted by Crippen LogP contribution is 2.20. The zero-order valence-electron chi connectivity index (χ0n) is 11.9. The van der Waals surface area contributed by atoms with Gasteiger partial charge in [0.05, 0.1) is 0 Å². The number of halogens is 1. The van der Waals surface area contributed by atoms with Crippen molar-refractivity contribution in [1.82, 2.24) is 10.2 Å². The molecule has 0 aromatic heterocycles. The summed E-state index contributed by atoms with van der Waals surface area (Å²) in [6.45, 7) is 2.80. The van der Waals surface area contributed by atoms with Gasteiger partial charge in [0, 0.05) is 31.6 Å². The lowest BCUT2D eigenvalue weighted by Crippen LogP contribution is -2.39. The smallest absolute Gasteiger partial charge is 0.222 e. The van der Waals surface area contributed by atoms with E-state index in [1.807, 2.05) is 6.07 Å². The molecule has 1 heterocycles. The summed E-state index contributed by atoms with van der Waals surface area (Å²) in [5, 5.41) is 2.71. The van der Waals surface area contributed by atoms with E-state index in [0.717, 1.165) is 38.0 Å². The zero-order chi connectivity index (χ0) is 14.5. The summed E-state index contributed by atoms with van der Waals surface area (Å²) in [6, 6.07) is 5.12. The molecule has 1 aliphatic heterocycles. The third kappa shape index (κ3) is 3.55. The number of carbonyl (C=O) groups excluding carboxylic acids is 1. The minimum Gasteiger partial charge on any atom is -0.359 e. The van der Waals surface area contributed by atoms with E-state index < -0.39 is 0 Å². The van der Waals surface area contributed by atoms with Crippen LogP contribution in [-0.4, -0.2) is 30.9 Å². The quantitative estimate of drug-likeness (QED) is 0.872. The summed E-state index contributed by atoms with van der Waals surface area (Å²) in [6.07, 6.45) is 1.76. The van der Waals surface area contributed by atoms with E-state index >= 15 is 0 Å². The van der Waals surface area contributed by atoms with E-state index in [1.54, 1.807) is 13.1 Å². The van der Waals surface area contributed by atoms with Crippen LogP contribution >= 0.6 is 0 Å². The van der Waals surface area contributed by atoms with Crippen LogP contribution in [0.5, 0.6) is 0 Å². The molecule has 1 fully saturated rings. The maximum absolute atomic E-state index is 13.4. The molecule has 1 aliphatic rings. The van der Waals surface area contributed by atoms with E-state index in [0.29, 0.717) is 5.56 Å². The lowest BCUT2D eigenvalue weighted by molar-refractivity contribution is -0.125. The van der Waals surface area contributed by atoms with Gasteiger partial charge in [0.2, 0.25) is 5.91 Å². The minimum atomic E-state index is -0.241. The molecular formula is C15H22FN3O. The highest BCUT2D eigenvalue weighted by molar-refractivity contribution is 5.78. The van der Waals surface area contributed by atoms with Crippen LogP contribution in [0.4, 0.5) is 4.39 Å². The number of nitrogens with two attached hydrogens (primary N) is 1. The van der Waals surface area contributed by atoms with Gasteiger partial charge in [0.15, 0.2) is 0 Å². The Morgan fingerprint density at radius 2 is 2.15 bits per heavy atom. The predicted molar refractivity (Wildman–Crippen MR) is 76.4 cm³/mol. The van der Waals surface area contributed by atoms with Gasteiger partial charge >= 0.3 is 0 Å². The Labute approximate surface area is 119 Å². The second-order valence-corrected chi connectivity index (χ2v) is 5.29. The van der Waals surface area contributed by atoms with E-state index in [9.17, 15) is 9.18 Å². The van der Waals surface area contributed by atoms with Crippen molar-refractivity contribution in [2.45, 2.75) is 25.9 Å². The van der Waals surface area contributed by atoms with Crippen molar-refractivity contribution in [2.75, 3.05) is 20.1 Å². The molecule has 5 heteroatoms. The van der Waals surface area contributed by atoms with E-state index in [-0.39, 0.29) is 24.2 Å². The average molecular weight is 279 g/mol. The largest absolute Gasteiger partial charge is 0.359 e. The fraction of sp³-hybridized carbons (Fsp3) is 0.533. The highest BCUT2D eigenvalue weighted by Gasteiger charge is 2.24. The number of nitrogens with one attached hydrogen (secondary N) is 1. The molecule has 1 amide bonds. The number of hydrogen-bond acceptors (Lipinski definition) is 3. The molecule has 0 atom stereocenters. The Bertz CT molecular complexity index is 470. The number of hydrogen-bond donors (Lipinski definition) is 2. The van der Waals surface area contributed by atoms with Gasteiger partial charge in [-0.25, -0.2) is 4.39 Å². The van der Waals surface area contributed by atoms with Crippen LogP contribution in [0.15, 0.2) is 18.2 Å². The number of piperidine rings is 1. The Morgan fingerprint density at radius 3 is 2.75 bits per heavy atom. The van der Waals surface area contributed by atoms with Gasteiger partial charge in [-0.3, -0.25) is 9.69 Å². The second kappa shape index (κ2) is 6.81. The SMILES string of the molecule is CNC(=O)C1CCN(Cc2ccc(F)c(CN)c2)CC1. The zero-order valence-corrected chi connectivity index (χ0v) is 11.9. The van der Waals surface area contributed by atoms with Gasteiger partial charge in [-0.05, 0) is 37.6 Å². The molecule has 0 aliphatic carbocycles. The van der Waals surface area contributed by atoms with Crippen LogP contribution in [-0.2, 0) is 17.9 Å². The Kier molecular flexibility index (Phi) is 5.09. The first-order chi connectivity index (χ1) is 9.63. The minimum absolute atomic E-state index is 0.129. The Hall–Kier alpha value is -1.46. The molecule has 110 valence electrons. The van der Waals surface area contributed by atoms with Crippen molar-refractivity contribution < 1.29 is 9.18 Å². The van der Waals surface area contributed by atoms with Crippen LogP contribution in [0.3, 0.4) is 0 Å². The number of rotatable bonds is 4. The van der Waals surface area contributed by atoms with Gasteiger partial charge in [0.1, 0.15) is 5.82 Å².